The Bertz CT molecular complexity index is 227. The van der Waals surface area contributed by atoms with Gasteiger partial charge in [-0.25, -0.2) is 0 Å². The molecule has 0 bridgehead atoms. The van der Waals surface area contributed by atoms with Gasteiger partial charge in [0.1, 0.15) is 0 Å². The molecule has 15 heavy (non-hydrogen) atoms. The largest absolute Gasteiger partial charge is 0.389 e. The maximum Gasteiger partial charge on any atom is 0.221 e. The maximum absolute atomic E-state index is 11.4. The fraction of sp³-hybridized carbons (Fsp3) is 0.909. The highest BCUT2D eigenvalue weighted by Gasteiger charge is 2.30. The van der Waals surface area contributed by atoms with E-state index in [1.807, 2.05) is 20.8 Å². The minimum Gasteiger partial charge on any atom is -0.389 e. The molecule has 0 aromatic carbocycles. The summed E-state index contributed by atoms with van der Waals surface area (Å²) in [5.41, 5.74) is -0.561. The third-order valence-electron chi connectivity index (χ3n) is 2.64. The van der Waals surface area contributed by atoms with E-state index in [9.17, 15) is 9.90 Å². The van der Waals surface area contributed by atoms with E-state index in [1.165, 1.54) is 0 Å². The Labute approximate surface area is 91.6 Å². The molecule has 0 spiro atoms. The van der Waals surface area contributed by atoms with Gasteiger partial charge in [0.05, 0.1) is 5.60 Å². The molecule has 1 saturated heterocycles. The summed E-state index contributed by atoms with van der Waals surface area (Å²) in [6, 6.07) is 0.208. The molecule has 0 radical (unpaired) electrons. The zero-order chi connectivity index (χ0) is 11.5. The Morgan fingerprint density at radius 1 is 1.60 bits per heavy atom. The lowest BCUT2D eigenvalue weighted by molar-refractivity contribution is -0.121. The zero-order valence-corrected chi connectivity index (χ0v) is 9.92. The summed E-state index contributed by atoms with van der Waals surface area (Å²) in [5.74, 6) is 0.0940. The lowest BCUT2D eigenvalue weighted by Gasteiger charge is -2.18. The van der Waals surface area contributed by atoms with Crippen LogP contribution < -0.4 is 5.32 Å². The summed E-state index contributed by atoms with van der Waals surface area (Å²) in [7, 11) is 0. The van der Waals surface area contributed by atoms with E-state index < -0.39 is 5.60 Å². The van der Waals surface area contributed by atoms with Crippen LogP contribution >= 0.6 is 0 Å². The number of hydrogen-bond acceptors (Lipinski definition) is 3. The monoisotopic (exact) mass is 214 g/mol. The van der Waals surface area contributed by atoms with Gasteiger partial charge in [-0.3, -0.25) is 9.69 Å². The molecular weight excluding hydrogens is 192 g/mol. The van der Waals surface area contributed by atoms with E-state index in [2.05, 4.69) is 10.2 Å². The smallest absolute Gasteiger partial charge is 0.221 e. The van der Waals surface area contributed by atoms with E-state index in [1.54, 1.807) is 0 Å². The molecule has 2 N–H and O–H groups in total. The van der Waals surface area contributed by atoms with Crippen molar-refractivity contribution in [2.75, 3.05) is 19.6 Å². The Kier molecular flexibility index (Phi) is 4.11. The second kappa shape index (κ2) is 4.94. The van der Waals surface area contributed by atoms with Crippen molar-refractivity contribution in [1.82, 2.24) is 10.2 Å². The highest BCUT2D eigenvalue weighted by Crippen LogP contribution is 2.19. The number of nitrogens with zero attached hydrogens (tertiary/aromatic N) is 1. The molecule has 0 aliphatic carbocycles. The summed E-state index contributed by atoms with van der Waals surface area (Å²) in [6.45, 7) is 8.08. The molecule has 1 unspecified atom stereocenters. The summed E-state index contributed by atoms with van der Waals surface area (Å²) in [4.78, 5) is 13.5. The van der Waals surface area contributed by atoms with Gasteiger partial charge in [0.2, 0.25) is 5.91 Å². The van der Waals surface area contributed by atoms with E-state index in [0.29, 0.717) is 13.0 Å². The van der Waals surface area contributed by atoms with E-state index >= 15 is 0 Å². The number of rotatable bonds is 4. The number of amides is 1. The summed E-state index contributed by atoms with van der Waals surface area (Å²) in [5, 5.41) is 12.6. The standard InChI is InChI=1S/C11H22N2O2/c1-9(2)12-10(14)4-6-13-7-5-11(3,15)8-13/h9,15H,4-8H2,1-3H3,(H,12,14). The number of likely N-dealkylation sites (tertiary alicyclic amines) is 1. The van der Waals surface area contributed by atoms with Crippen LogP contribution in [-0.4, -0.2) is 47.2 Å². The molecule has 1 aliphatic heterocycles. The second-order valence-electron chi connectivity index (χ2n) is 5.00. The van der Waals surface area contributed by atoms with Crippen LogP contribution in [0.3, 0.4) is 0 Å². The fourth-order valence-electron chi connectivity index (χ4n) is 1.88. The van der Waals surface area contributed by atoms with Gasteiger partial charge in [0, 0.05) is 32.1 Å². The molecule has 4 heteroatoms. The molecule has 1 atom stereocenters. The van der Waals surface area contributed by atoms with E-state index in [-0.39, 0.29) is 11.9 Å². The molecule has 1 fully saturated rings. The van der Waals surface area contributed by atoms with Crippen LogP contribution in [0.5, 0.6) is 0 Å². The van der Waals surface area contributed by atoms with Crippen molar-refractivity contribution >= 4 is 5.91 Å². The van der Waals surface area contributed by atoms with Gasteiger partial charge in [0.15, 0.2) is 0 Å². The first-order valence-corrected chi connectivity index (χ1v) is 5.63. The van der Waals surface area contributed by atoms with Crippen molar-refractivity contribution in [3.63, 3.8) is 0 Å². The highest BCUT2D eigenvalue weighted by molar-refractivity contribution is 5.76. The molecule has 1 amide bonds. The fourth-order valence-corrected chi connectivity index (χ4v) is 1.88. The Balaban J connectivity index is 2.18. The van der Waals surface area contributed by atoms with Crippen LogP contribution in [0.4, 0.5) is 0 Å². The van der Waals surface area contributed by atoms with Crippen LogP contribution in [-0.2, 0) is 4.79 Å². The van der Waals surface area contributed by atoms with Crippen LogP contribution in [0, 0.1) is 0 Å². The molecular formula is C11H22N2O2. The van der Waals surface area contributed by atoms with Crippen LogP contribution in [0.1, 0.15) is 33.6 Å². The lowest BCUT2D eigenvalue weighted by Crippen LogP contribution is -2.35. The Hall–Kier alpha value is -0.610. The summed E-state index contributed by atoms with van der Waals surface area (Å²) in [6.07, 6.45) is 1.33. The minimum absolute atomic E-state index is 0.0940. The maximum atomic E-state index is 11.4. The Morgan fingerprint density at radius 2 is 2.27 bits per heavy atom. The number of aliphatic hydroxyl groups is 1. The first-order chi connectivity index (χ1) is 6.89. The lowest BCUT2D eigenvalue weighted by atomic mass is 10.1. The Morgan fingerprint density at radius 3 is 2.73 bits per heavy atom. The van der Waals surface area contributed by atoms with Gasteiger partial charge in [-0.2, -0.15) is 0 Å². The first-order valence-electron chi connectivity index (χ1n) is 5.63. The predicted octanol–water partition coefficient (Wildman–Crippen LogP) is 0.358. The van der Waals surface area contributed by atoms with Crippen LogP contribution in [0.25, 0.3) is 0 Å². The number of nitrogens with one attached hydrogen (secondary N) is 1. The number of carbonyl (C=O) groups excluding carboxylic acids is 1. The second-order valence-corrected chi connectivity index (χ2v) is 5.00. The van der Waals surface area contributed by atoms with E-state index in [4.69, 9.17) is 0 Å². The van der Waals surface area contributed by atoms with Gasteiger partial charge in [0.25, 0.3) is 0 Å². The van der Waals surface area contributed by atoms with Crippen molar-refractivity contribution in [3.8, 4) is 0 Å². The van der Waals surface area contributed by atoms with Crippen LogP contribution in [0.2, 0.25) is 0 Å². The van der Waals surface area contributed by atoms with Crippen molar-refractivity contribution in [2.24, 2.45) is 0 Å². The third-order valence-corrected chi connectivity index (χ3v) is 2.64. The van der Waals surface area contributed by atoms with Crippen molar-refractivity contribution in [2.45, 2.75) is 45.3 Å². The molecule has 4 nitrogen and oxygen atoms in total. The molecule has 88 valence electrons. The first kappa shape index (κ1) is 12.5. The molecule has 1 heterocycles. The third kappa shape index (κ3) is 4.62. The normalized spacial score (nSPS) is 27.3. The molecule has 1 rings (SSSR count). The zero-order valence-electron chi connectivity index (χ0n) is 9.92. The summed E-state index contributed by atoms with van der Waals surface area (Å²) < 4.78 is 0. The van der Waals surface area contributed by atoms with Gasteiger partial charge in [-0.05, 0) is 27.2 Å². The van der Waals surface area contributed by atoms with Gasteiger partial charge in [-0.15, -0.1) is 0 Å². The quantitative estimate of drug-likeness (QED) is 0.710. The molecule has 1 aliphatic rings. The van der Waals surface area contributed by atoms with Gasteiger partial charge in [-0.1, -0.05) is 0 Å². The average molecular weight is 214 g/mol. The average Bonchev–Trinajstić information content (AvgIpc) is 2.41. The van der Waals surface area contributed by atoms with Gasteiger partial charge < -0.3 is 10.4 Å². The van der Waals surface area contributed by atoms with Crippen molar-refractivity contribution in [1.29, 1.82) is 0 Å². The molecule has 0 aromatic heterocycles. The summed E-state index contributed by atoms with van der Waals surface area (Å²) >= 11 is 0. The minimum atomic E-state index is -0.561. The topological polar surface area (TPSA) is 52.6 Å². The molecule has 0 saturated carbocycles. The molecule has 0 aromatic rings. The van der Waals surface area contributed by atoms with Crippen molar-refractivity contribution in [3.05, 3.63) is 0 Å². The highest BCUT2D eigenvalue weighted by atomic mass is 16.3. The number of hydrogen-bond donors (Lipinski definition) is 2. The van der Waals surface area contributed by atoms with Crippen LogP contribution in [0.15, 0.2) is 0 Å². The number of β-amino-alcohol motifs (C(OH)–C–C–N with tert-alkyl or cyclic N) is 1. The number of carbonyl (C=O) groups is 1. The van der Waals surface area contributed by atoms with Gasteiger partial charge >= 0.3 is 0 Å². The predicted molar refractivity (Wildman–Crippen MR) is 59.6 cm³/mol. The van der Waals surface area contributed by atoms with Crippen molar-refractivity contribution < 1.29 is 9.90 Å². The SMILES string of the molecule is CC(C)NC(=O)CCN1CCC(C)(O)C1. The van der Waals surface area contributed by atoms with E-state index in [0.717, 1.165) is 19.5 Å².